The molecule has 0 N–H and O–H groups in total. The van der Waals surface area contributed by atoms with Crippen molar-refractivity contribution in [3.8, 4) is 0 Å². The fourth-order valence-corrected chi connectivity index (χ4v) is 3.03. The maximum absolute atomic E-state index is 10.9. The first-order valence-electron chi connectivity index (χ1n) is 8.78. The molecule has 6 heteroatoms. The summed E-state index contributed by atoms with van der Waals surface area (Å²) in [5, 5.41) is 0. The van der Waals surface area contributed by atoms with Gasteiger partial charge in [-0.15, -0.1) is 0 Å². The average molecular weight is 339 g/mol. The lowest BCUT2D eigenvalue weighted by atomic mass is 10.2. The lowest BCUT2D eigenvalue weighted by Gasteiger charge is -2.33. The molecular weight excluding hydrogens is 314 g/mol. The van der Waals surface area contributed by atoms with Gasteiger partial charge < -0.3 is 14.7 Å². The molecule has 0 unspecified atom stereocenters. The molecule has 132 valence electrons. The third-order valence-electron chi connectivity index (χ3n) is 4.50. The van der Waals surface area contributed by atoms with Crippen molar-refractivity contribution in [3.63, 3.8) is 0 Å². The van der Waals surface area contributed by atoms with Crippen LogP contribution >= 0.6 is 0 Å². The Hall–Kier alpha value is -2.63. The summed E-state index contributed by atoms with van der Waals surface area (Å²) in [6, 6.07) is 12.5. The van der Waals surface area contributed by atoms with Gasteiger partial charge in [0.05, 0.1) is 0 Å². The van der Waals surface area contributed by atoms with E-state index < -0.39 is 0 Å². The highest BCUT2D eigenvalue weighted by Crippen LogP contribution is 2.20. The van der Waals surface area contributed by atoms with Gasteiger partial charge in [-0.25, -0.2) is 4.98 Å². The SMILES string of the molecule is CCN(Cc1ccccc1)c1cc(C)nc(N2CCN(C=O)CC2)n1. The predicted octanol–water partition coefficient (Wildman–Crippen LogP) is 2.09. The van der Waals surface area contributed by atoms with Gasteiger partial charge in [-0.05, 0) is 19.4 Å². The van der Waals surface area contributed by atoms with Crippen LogP contribution in [0.15, 0.2) is 36.4 Å². The molecule has 1 aromatic heterocycles. The number of aryl methyl sites for hydroxylation is 1. The Morgan fingerprint density at radius 1 is 1.12 bits per heavy atom. The van der Waals surface area contributed by atoms with E-state index in [4.69, 9.17) is 4.98 Å². The van der Waals surface area contributed by atoms with E-state index in [1.165, 1.54) is 5.56 Å². The molecule has 1 fully saturated rings. The van der Waals surface area contributed by atoms with Crippen molar-refractivity contribution >= 4 is 18.2 Å². The van der Waals surface area contributed by atoms with E-state index in [-0.39, 0.29) is 0 Å². The van der Waals surface area contributed by atoms with E-state index in [1.807, 2.05) is 19.1 Å². The first-order valence-corrected chi connectivity index (χ1v) is 8.78. The van der Waals surface area contributed by atoms with Gasteiger partial charge in [-0.2, -0.15) is 4.98 Å². The smallest absolute Gasteiger partial charge is 0.227 e. The Morgan fingerprint density at radius 3 is 2.48 bits per heavy atom. The summed E-state index contributed by atoms with van der Waals surface area (Å²) in [5.74, 6) is 1.71. The lowest BCUT2D eigenvalue weighted by Crippen LogP contribution is -2.46. The second kappa shape index (κ2) is 7.96. The van der Waals surface area contributed by atoms with Crippen LogP contribution in [-0.2, 0) is 11.3 Å². The average Bonchev–Trinajstić information content (AvgIpc) is 2.66. The van der Waals surface area contributed by atoms with Crippen molar-refractivity contribution in [1.82, 2.24) is 14.9 Å². The maximum Gasteiger partial charge on any atom is 0.227 e. The quantitative estimate of drug-likeness (QED) is 0.754. The maximum atomic E-state index is 10.9. The van der Waals surface area contributed by atoms with E-state index >= 15 is 0 Å². The Balaban J connectivity index is 1.79. The first-order chi connectivity index (χ1) is 12.2. The molecule has 6 nitrogen and oxygen atoms in total. The number of carbonyl (C=O) groups excluding carboxylic acids is 1. The van der Waals surface area contributed by atoms with Crippen LogP contribution < -0.4 is 9.80 Å². The van der Waals surface area contributed by atoms with Crippen molar-refractivity contribution in [2.75, 3.05) is 42.5 Å². The van der Waals surface area contributed by atoms with Crippen LogP contribution in [0.2, 0.25) is 0 Å². The van der Waals surface area contributed by atoms with Gasteiger partial charge in [0, 0.05) is 51.0 Å². The molecule has 2 aromatic rings. The number of hydrogen-bond acceptors (Lipinski definition) is 5. The van der Waals surface area contributed by atoms with Crippen LogP contribution in [0.25, 0.3) is 0 Å². The molecule has 1 saturated heterocycles. The van der Waals surface area contributed by atoms with Crippen LogP contribution in [0.4, 0.5) is 11.8 Å². The van der Waals surface area contributed by atoms with Gasteiger partial charge in [0.25, 0.3) is 0 Å². The second-order valence-electron chi connectivity index (χ2n) is 6.30. The Labute approximate surface area is 149 Å². The Kier molecular flexibility index (Phi) is 5.48. The minimum absolute atomic E-state index is 0.720. The van der Waals surface area contributed by atoms with Crippen molar-refractivity contribution in [2.24, 2.45) is 0 Å². The third kappa shape index (κ3) is 4.26. The van der Waals surface area contributed by atoms with Gasteiger partial charge in [0.1, 0.15) is 5.82 Å². The minimum Gasteiger partial charge on any atom is -0.352 e. The third-order valence-corrected chi connectivity index (χ3v) is 4.50. The van der Waals surface area contributed by atoms with Crippen LogP contribution in [0.3, 0.4) is 0 Å². The number of hydrogen-bond donors (Lipinski definition) is 0. The van der Waals surface area contributed by atoms with Gasteiger partial charge in [-0.3, -0.25) is 4.79 Å². The Morgan fingerprint density at radius 2 is 1.84 bits per heavy atom. The van der Waals surface area contributed by atoms with E-state index in [0.29, 0.717) is 0 Å². The molecule has 2 heterocycles. The van der Waals surface area contributed by atoms with Crippen LogP contribution in [-0.4, -0.2) is 54.0 Å². The van der Waals surface area contributed by atoms with Crippen molar-refractivity contribution in [3.05, 3.63) is 47.7 Å². The number of rotatable bonds is 6. The molecule has 0 saturated carbocycles. The molecule has 1 amide bonds. The predicted molar refractivity (Wildman–Crippen MR) is 99.8 cm³/mol. The largest absolute Gasteiger partial charge is 0.352 e. The van der Waals surface area contributed by atoms with Gasteiger partial charge in [-0.1, -0.05) is 30.3 Å². The van der Waals surface area contributed by atoms with Gasteiger partial charge >= 0.3 is 0 Å². The summed E-state index contributed by atoms with van der Waals surface area (Å²) in [4.78, 5) is 26.5. The Bertz CT molecular complexity index is 698. The summed E-state index contributed by atoms with van der Waals surface area (Å²) >= 11 is 0. The molecule has 0 aliphatic carbocycles. The summed E-state index contributed by atoms with van der Waals surface area (Å²) in [7, 11) is 0. The molecule has 1 aromatic carbocycles. The number of nitrogens with zero attached hydrogens (tertiary/aromatic N) is 5. The fraction of sp³-hybridized carbons (Fsp3) is 0.421. The van der Waals surface area contributed by atoms with Gasteiger partial charge in [0.15, 0.2) is 0 Å². The fourth-order valence-electron chi connectivity index (χ4n) is 3.03. The summed E-state index contributed by atoms with van der Waals surface area (Å²) in [6.45, 7) is 8.83. The standard InChI is InChI=1S/C19H25N5O/c1-3-23(14-17-7-5-4-6-8-17)18-13-16(2)20-19(21-18)24-11-9-22(15-25)10-12-24/h4-8,13,15H,3,9-12,14H2,1-2H3. The number of benzene rings is 1. The molecule has 0 radical (unpaired) electrons. The highest BCUT2D eigenvalue weighted by atomic mass is 16.1. The molecule has 1 aliphatic rings. The summed E-state index contributed by atoms with van der Waals surface area (Å²) in [6.07, 6.45) is 0.915. The van der Waals surface area contributed by atoms with Crippen LogP contribution in [0.5, 0.6) is 0 Å². The van der Waals surface area contributed by atoms with E-state index in [9.17, 15) is 4.79 Å². The number of anilines is 2. The number of piperazine rings is 1. The van der Waals surface area contributed by atoms with Crippen LogP contribution in [0.1, 0.15) is 18.2 Å². The number of carbonyl (C=O) groups is 1. The molecule has 0 spiro atoms. The van der Waals surface area contributed by atoms with Crippen LogP contribution in [0, 0.1) is 6.92 Å². The number of aromatic nitrogens is 2. The van der Waals surface area contributed by atoms with Crippen molar-refractivity contribution < 1.29 is 4.79 Å². The van der Waals surface area contributed by atoms with E-state index in [1.54, 1.807) is 4.90 Å². The first kappa shape index (κ1) is 17.2. The monoisotopic (exact) mass is 339 g/mol. The highest BCUT2D eigenvalue weighted by molar-refractivity contribution is 5.50. The molecule has 1 aliphatic heterocycles. The van der Waals surface area contributed by atoms with E-state index in [0.717, 1.165) is 63.1 Å². The summed E-state index contributed by atoms with van der Waals surface area (Å²) < 4.78 is 0. The lowest BCUT2D eigenvalue weighted by molar-refractivity contribution is -0.118. The zero-order valence-electron chi connectivity index (χ0n) is 14.9. The topological polar surface area (TPSA) is 52.6 Å². The minimum atomic E-state index is 0.720. The van der Waals surface area contributed by atoms with Crippen molar-refractivity contribution in [1.29, 1.82) is 0 Å². The normalized spacial score (nSPS) is 14.5. The highest BCUT2D eigenvalue weighted by Gasteiger charge is 2.19. The van der Waals surface area contributed by atoms with Gasteiger partial charge in [0.2, 0.25) is 12.4 Å². The second-order valence-corrected chi connectivity index (χ2v) is 6.30. The molecule has 25 heavy (non-hydrogen) atoms. The molecule has 0 atom stereocenters. The van der Waals surface area contributed by atoms with Crippen molar-refractivity contribution in [2.45, 2.75) is 20.4 Å². The molecule has 3 rings (SSSR count). The summed E-state index contributed by atoms with van der Waals surface area (Å²) in [5.41, 5.74) is 2.23. The zero-order valence-corrected chi connectivity index (χ0v) is 14.9. The zero-order chi connectivity index (χ0) is 17.6. The van der Waals surface area contributed by atoms with E-state index in [2.05, 4.69) is 46.0 Å². The molecular formula is C19H25N5O. The number of amides is 1. The molecule has 0 bridgehead atoms.